The van der Waals surface area contributed by atoms with E-state index in [-0.39, 0.29) is 10.4 Å². The highest BCUT2D eigenvalue weighted by molar-refractivity contribution is 9.10. The lowest BCUT2D eigenvalue weighted by Gasteiger charge is -2.18. The second-order valence-corrected chi connectivity index (χ2v) is 5.23. The van der Waals surface area contributed by atoms with Gasteiger partial charge in [-0.3, -0.25) is 4.79 Å². The largest absolute Gasteiger partial charge is 0.308 e. The van der Waals surface area contributed by atoms with Crippen LogP contribution in [-0.4, -0.2) is 12.5 Å². The van der Waals surface area contributed by atoms with Gasteiger partial charge in [0.15, 0.2) is 0 Å². The molecule has 19 heavy (non-hydrogen) atoms. The Hall–Kier alpha value is -1.68. The van der Waals surface area contributed by atoms with E-state index in [2.05, 4.69) is 15.9 Å². The fourth-order valence-corrected chi connectivity index (χ4v) is 2.80. The summed E-state index contributed by atoms with van der Waals surface area (Å²) in [5.74, 6) is -0.588. The quantitative estimate of drug-likeness (QED) is 0.783. The van der Waals surface area contributed by atoms with Gasteiger partial charge >= 0.3 is 0 Å². The van der Waals surface area contributed by atoms with Crippen LogP contribution in [0.4, 0.5) is 10.1 Å². The summed E-state index contributed by atoms with van der Waals surface area (Å²) in [7, 11) is 0. The van der Waals surface area contributed by atoms with Gasteiger partial charge in [0.25, 0.3) is 5.91 Å². The number of carbonyl (C=O) groups excluding carboxylic acids is 1. The van der Waals surface area contributed by atoms with E-state index in [1.54, 1.807) is 17.0 Å². The van der Waals surface area contributed by atoms with Crippen molar-refractivity contribution in [2.75, 3.05) is 11.4 Å². The van der Waals surface area contributed by atoms with Crippen LogP contribution in [0.2, 0.25) is 0 Å². The molecule has 1 heterocycles. The smallest absolute Gasteiger partial charge is 0.259 e. The molecule has 0 fully saturated rings. The summed E-state index contributed by atoms with van der Waals surface area (Å²) in [5.41, 5.74) is 2.43. The van der Waals surface area contributed by atoms with Crippen LogP contribution in [0.3, 0.4) is 0 Å². The minimum Gasteiger partial charge on any atom is -0.308 e. The molecule has 0 aromatic heterocycles. The highest BCUT2D eigenvalue weighted by atomic mass is 79.9. The third kappa shape index (κ3) is 2.06. The summed E-state index contributed by atoms with van der Waals surface area (Å²) in [6.45, 7) is 0.640. The van der Waals surface area contributed by atoms with Crippen LogP contribution in [0.15, 0.2) is 46.9 Å². The van der Waals surface area contributed by atoms with Gasteiger partial charge < -0.3 is 4.90 Å². The zero-order chi connectivity index (χ0) is 13.4. The summed E-state index contributed by atoms with van der Waals surface area (Å²) < 4.78 is 13.7. The Morgan fingerprint density at radius 2 is 1.95 bits per heavy atom. The summed E-state index contributed by atoms with van der Waals surface area (Å²) in [6.07, 6.45) is 0.842. The number of fused-ring (bicyclic) bond motifs is 1. The first-order chi connectivity index (χ1) is 9.18. The molecule has 0 aliphatic carbocycles. The molecule has 2 aromatic rings. The maximum absolute atomic E-state index is 13.5. The Bertz CT molecular complexity index is 656. The van der Waals surface area contributed by atoms with Crippen molar-refractivity contribution >= 4 is 27.5 Å². The molecule has 1 aliphatic heterocycles. The van der Waals surface area contributed by atoms with E-state index in [9.17, 15) is 9.18 Å². The lowest BCUT2D eigenvalue weighted by Crippen LogP contribution is -2.29. The molecule has 3 rings (SSSR count). The number of rotatable bonds is 1. The third-order valence-corrected chi connectivity index (χ3v) is 4.12. The second kappa shape index (κ2) is 4.78. The average molecular weight is 320 g/mol. The second-order valence-electron chi connectivity index (χ2n) is 4.44. The lowest BCUT2D eigenvalue weighted by molar-refractivity contribution is 0.0988. The maximum Gasteiger partial charge on any atom is 0.259 e. The number of nitrogens with zero attached hydrogens (tertiary/aromatic N) is 1. The Morgan fingerprint density at radius 1 is 1.16 bits per heavy atom. The zero-order valence-corrected chi connectivity index (χ0v) is 11.7. The molecule has 2 aromatic carbocycles. The normalized spacial score (nSPS) is 13.5. The van der Waals surface area contributed by atoms with E-state index < -0.39 is 5.82 Å². The Labute approximate surface area is 119 Å². The molecule has 96 valence electrons. The highest BCUT2D eigenvalue weighted by Gasteiger charge is 2.26. The van der Waals surface area contributed by atoms with Gasteiger partial charge in [0.05, 0.1) is 10.0 Å². The molecule has 0 saturated carbocycles. The van der Waals surface area contributed by atoms with Crippen molar-refractivity contribution in [1.82, 2.24) is 0 Å². The van der Waals surface area contributed by atoms with Crippen molar-refractivity contribution < 1.29 is 9.18 Å². The summed E-state index contributed by atoms with van der Waals surface area (Å²) in [4.78, 5) is 14.2. The molecule has 0 N–H and O–H groups in total. The first-order valence-corrected chi connectivity index (χ1v) is 6.81. The van der Waals surface area contributed by atoms with Crippen LogP contribution in [-0.2, 0) is 6.42 Å². The Morgan fingerprint density at radius 3 is 2.79 bits per heavy atom. The minimum atomic E-state index is -0.418. The molecular weight excluding hydrogens is 309 g/mol. The minimum absolute atomic E-state index is 0.170. The molecule has 0 unspecified atom stereocenters. The molecule has 0 radical (unpaired) electrons. The van der Waals surface area contributed by atoms with Crippen LogP contribution >= 0.6 is 15.9 Å². The van der Waals surface area contributed by atoms with Gasteiger partial charge in [-0.15, -0.1) is 0 Å². The molecule has 0 spiro atoms. The van der Waals surface area contributed by atoms with E-state index in [1.807, 2.05) is 24.3 Å². The van der Waals surface area contributed by atoms with Crippen LogP contribution < -0.4 is 4.90 Å². The first kappa shape index (κ1) is 12.4. The van der Waals surface area contributed by atoms with E-state index in [1.165, 1.54) is 6.07 Å². The molecule has 0 saturated heterocycles. The van der Waals surface area contributed by atoms with Gasteiger partial charge in [-0.25, -0.2) is 4.39 Å². The Kier molecular flexibility index (Phi) is 3.11. The van der Waals surface area contributed by atoms with Crippen LogP contribution in [0, 0.1) is 5.82 Å². The van der Waals surface area contributed by atoms with E-state index in [0.717, 1.165) is 17.7 Å². The summed E-state index contributed by atoms with van der Waals surface area (Å²) >= 11 is 3.15. The fraction of sp³-hybridized carbons (Fsp3) is 0.133. The molecule has 1 aliphatic rings. The number of hydrogen-bond donors (Lipinski definition) is 0. The number of halogens is 2. The molecule has 1 amide bonds. The molecule has 0 bridgehead atoms. The van der Waals surface area contributed by atoms with Crippen molar-refractivity contribution in [3.63, 3.8) is 0 Å². The molecule has 4 heteroatoms. The van der Waals surface area contributed by atoms with E-state index in [4.69, 9.17) is 0 Å². The highest BCUT2D eigenvalue weighted by Crippen LogP contribution is 2.30. The van der Waals surface area contributed by atoms with Crippen molar-refractivity contribution in [3.05, 3.63) is 63.9 Å². The zero-order valence-electron chi connectivity index (χ0n) is 10.1. The summed E-state index contributed by atoms with van der Waals surface area (Å²) in [6, 6.07) is 12.3. The van der Waals surface area contributed by atoms with Gasteiger partial charge in [-0.05, 0) is 46.1 Å². The van der Waals surface area contributed by atoms with Crippen molar-refractivity contribution in [1.29, 1.82) is 0 Å². The number of amides is 1. The van der Waals surface area contributed by atoms with Gasteiger partial charge in [-0.1, -0.05) is 24.3 Å². The van der Waals surface area contributed by atoms with Gasteiger partial charge in [0.1, 0.15) is 5.82 Å². The van der Waals surface area contributed by atoms with Gasteiger partial charge in [-0.2, -0.15) is 0 Å². The Balaban J connectivity index is 2.00. The van der Waals surface area contributed by atoms with Crippen molar-refractivity contribution in [2.45, 2.75) is 6.42 Å². The monoisotopic (exact) mass is 319 g/mol. The van der Waals surface area contributed by atoms with Crippen molar-refractivity contribution in [2.24, 2.45) is 0 Å². The van der Waals surface area contributed by atoms with E-state index in [0.29, 0.717) is 12.1 Å². The van der Waals surface area contributed by atoms with Gasteiger partial charge in [0, 0.05) is 12.2 Å². The number of carbonyl (C=O) groups is 1. The van der Waals surface area contributed by atoms with Crippen LogP contribution in [0.5, 0.6) is 0 Å². The van der Waals surface area contributed by atoms with E-state index >= 15 is 0 Å². The molecule has 2 nitrogen and oxygen atoms in total. The maximum atomic E-state index is 13.5. The standard InChI is InChI=1S/C15H11BrFNO/c16-14-11(5-3-6-12(14)17)15(19)18-9-8-10-4-1-2-7-13(10)18/h1-7H,8-9H2. The first-order valence-electron chi connectivity index (χ1n) is 6.02. The predicted molar refractivity (Wildman–Crippen MR) is 75.9 cm³/mol. The SMILES string of the molecule is O=C(c1cccc(F)c1Br)N1CCc2ccccc21. The average Bonchev–Trinajstić information content (AvgIpc) is 2.85. The topological polar surface area (TPSA) is 20.3 Å². The van der Waals surface area contributed by atoms with Crippen LogP contribution in [0.1, 0.15) is 15.9 Å². The molecular formula is C15H11BrFNO. The van der Waals surface area contributed by atoms with Gasteiger partial charge in [0.2, 0.25) is 0 Å². The molecule has 0 atom stereocenters. The fourth-order valence-electron chi connectivity index (χ4n) is 2.36. The lowest BCUT2D eigenvalue weighted by atomic mass is 10.1. The van der Waals surface area contributed by atoms with Crippen molar-refractivity contribution in [3.8, 4) is 0 Å². The summed E-state index contributed by atoms with van der Waals surface area (Å²) in [5, 5.41) is 0. The number of anilines is 1. The number of hydrogen-bond acceptors (Lipinski definition) is 1. The number of para-hydroxylation sites is 1. The predicted octanol–water partition coefficient (Wildman–Crippen LogP) is 3.79. The van der Waals surface area contributed by atoms with Crippen LogP contribution in [0.25, 0.3) is 0 Å². The third-order valence-electron chi connectivity index (χ3n) is 3.31. The number of benzene rings is 2.